The van der Waals surface area contributed by atoms with Crippen LogP contribution in [0, 0.1) is 0 Å². The van der Waals surface area contributed by atoms with Gasteiger partial charge in [0.2, 0.25) is 11.8 Å². The monoisotopic (exact) mass is 454 g/mol. The molecule has 1 aromatic heterocycles. The quantitative estimate of drug-likeness (QED) is 0.517. The molecule has 0 saturated heterocycles. The van der Waals surface area contributed by atoms with Crippen molar-refractivity contribution in [2.45, 2.75) is 49.9 Å². The summed E-state index contributed by atoms with van der Waals surface area (Å²) in [7, 11) is 0. The molecule has 0 unspecified atom stereocenters. The Labute approximate surface area is 190 Å². The first-order chi connectivity index (χ1) is 15.9. The van der Waals surface area contributed by atoms with E-state index in [9.17, 15) is 18.0 Å². The molecule has 0 radical (unpaired) electrons. The summed E-state index contributed by atoms with van der Waals surface area (Å²) in [6.07, 6.45) is -0.931. The fourth-order valence-electron chi connectivity index (χ4n) is 4.18. The van der Waals surface area contributed by atoms with Gasteiger partial charge in [-0.15, -0.1) is 0 Å². The lowest BCUT2D eigenvalue weighted by Gasteiger charge is -2.30. The number of alkyl halides is 3. The number of hydrogen-bond acceptors (Lipinski definition) is 3. The van der Waals surface area contributed by atoms with Crippen molar-refractivity contribution in [1.82, 2.24) is 10.3 Å². The number of nitrogens with zero attached hydrogens (tertiary/aromatic N) is 1. The molecule has 1 aliphatic carbocycles. The highest BCUT2D eigenvalue weighted by Crippen LogP contribution is 2.30. The topological polar surface area (TPSA) is 51.2 Å². The predicted octanol–water partition coefficient (Wildman–Crippen LogP) is 5.74. The van der Waals surface area contributed by atoms with E-state index in [0.717, 1.165) is 36.2 Å². The van der Waals surface area contributed by atoms with E-state index < -0.39 is 17.7 Å². The van der Waals surface area contributed by atoms with E-state index in [4.69, 9.17) is 4.74 Å². The van der Waals surface area contributed by atoms with Crippen LogP contribution in [-0.2, 0) is 11.0 Å². The Bertz CT molecular complexity index is 993. The van der Waals surface area contributed by atoms with Crippen molar-refractivity contribution in [2.24, 2.45) is 0 Å². The SMILES string of the molecule is O=C(NC1CCC(Oc2ccc(C(F)(F)F)cn2)CC1)C(c1ccccc1)c1ccccc1. The highest BCUT2D eigenvalue weighted by molar-refractivity contribution is 5.87. The van der Waals surface area contributed by atoms with Gasteiger partial charge in [-0.05, 0) is 42.9 Å². The van der Waals surface area contributed by atoms with E-state index in [1.807, 2.05) is 60.7 Å². The number of pyridine rings is 1. The van der Waals surface area contributed by atoms with Crippen molar-refractivity contribution in [3.8, 4) is 5.88 Å². The molecule has 2 aromatic carbocycles. The van der Waals surface area contributed by atoms with Crippen LogP contribution in [0.3, 0.4) is 0 Å². The van der Waals surface area contributed by atoms with E-state index in [-0.39, 0.29) is 23.9 Å². The summed E-state index contributed by atoms with van der Waals surface area (Å²) in [6, 6.07) is 21.6. The largest absolute Gasteiger partial charge is 0.474 e. The molecule has 1 aliphatic rings. The Morgan fingerprint density at radius 2 is 1.45 bits per heavy atom. The molecular weight excluding hydrogens is 429 g/mol. The lowest BCUT2D eigenvalue weighted by molar-refractivity contribution is -0.137. The minimum absolute atomic E-state index is 0.0211. The van der Waals surface area contributed by atoms with Crippen molar-refractivity contribution < 1.29 is 22.7 Å². The third kappa shape index (κ3) is 5.92. The van der Waals surface area contributed by atoms with Crippen LogP contribution in [0.15, 0.2) is 79.0 Å². The second-order valence-electron chi connectivity index (χ2n) is 8.24. The van der Waals surface area contributed by atoms with E-state index in [2.05, 4.69) is 10.3 Å². The Morgan fingerprint density at radius 3 is 1.94 bits per heavy atom. The minimum atomic E-state index is -4.42. The zero-order valence-electron chi connectivity index (χ0n) is 18.0. The van der Waals surface area contributed by atoms with Gasteiger partial charge >= 0.3 is 6.18 Å². The second kappa shape index (κ2) is 10.1. The normalized spacial score (nSPS) is 18.7. The zero-order chi connectivity index (χ0) is 23.3. The maximum absolute atomic E-state index is 13.3. The smallest absolute Gasteiger partial charge is 0.417 e. The number of halogens is 3. The number of benzene rings is 2. The van der Waals surface area contributed by atoms with Crippen LogP contribution in [0.1, 0.15) is 48.3 Å². The first-order valence-electron chi connectivity index (χ1n) is 11.0. The van der Waals surface area contributed by atoms with Crippen LogP contribution in [0.5, 0.6) is 5.88 Å². The van der Waals surface area contributed by atoms with Gasteiger partial charge in [-0.1, -0.05) is 60.7 Å². The molecule has 1 heterocycles. The molecule has 172 valence electrons. The van der Waals surface area contributed by atoms with E-state index in [0.29, 0.717) is 12.8 Å². The molecule has 7 heteroatoms. The Balaban J connectivity index is 1.34. The van der Waals surface area contributed by atoms with Crippen molar-refractivity contribution in [2.75, 3.05) is 0 Å². The molecule has 1 N–H and O–H groups in total. The number of ether oxygens (including phenoxy) is 1. The number of hydrogen-bond donors (Lipinski definition) is 1. The number of aromatic nitrogens is 1. The van der Waals surface area contributed by atoms with Crippen LogP contribution in [-0.4, -0.2) is 23.0 Å². The molecule has 33 heavy (non-hydrogen) atoms. The summed E-state index contributed by atoms with van der Waals surface area (Å²) in [5.74, 6) is -0.248. The summed E-state index contributed by atoms with van der Waals surface area (Å²) in [5.41, 5.74) is 1.07. The van der Waals surface area contributed by atoms with Crippen molar-refractivity contribution >= 4 is 5.91 Å². The lowest BCUT2D eigenvalue weighted by Crippen LogP contribution is -2.42. The molecule has 0 spiro atoms. The molecule has 0 aliphatic heterocycles. The summed E-state index contributed by atoms with van der Waals surface area (Å²) in [4.78, 5) is 17.0. The summed E-state index contributed by atoms with van der Waals surface area (Å²) >= 11 is 0. The summed E-state index contributed by atoms with van der Waals surface area (Å²) in [5, 5.41) is 3.19. The molecule has 0 bridgehead atoms. The molecular formula is C26H25F3N2O2. The standard InChI is InChI=1S/C26H25F3N2O2/c27-26(28,29)20-11-16-23(30-17-20)33-22-14-12-21(13-15-22)31-25(32)24(18-7-3-1-4-8-18)19-9-5-2-6-10-19/h1-11,16-17,21-22,24H,12-15H2,(H,31,32). The number of nitrogens with one attached hydrogen (secondary N) is 1. The van der Waals surface area contributed by atoms with Gasteiger partial charge in [-0.3, -0.25) is 4.79 Å². The van der Waals surface area contributed by atoms with Gasteiger partial charge in [0.25, 0.3) is 0 Å². The van der Waals surface area contributed by atoms with Gasteiger partial charge in [-0.25, -0.2) is 4.98 Å². The van der Waals surface area contributed by atoms with Crippen molar-refractivity contribution in [3.63, 3.8) is 0 Å². The van der Waals surface area contributed by atoms with Crippen LogP contribution < -0.4 is 10.1 Å². The number of amides is 1. The summed E-state index contributed by atoms with van der Waals surface area (Å²) < 4.78 is 43.8. The predicted molar refractivity (Wildman–Crippen MR) is 119 cm³/mol. The van der Waals surface area contributed by atoms with Crippen molar-refractivity contribution in [1.29, 1.82) is 0 Å². The average molecular weight is 454 g/mol. The highest BCUT2D eigenvalue weighted by atomic mass is 19.4. The fourth-order valence-corrected chi connectivity index (χ4v) is 4.18. The first kappa shape index (κ1) is 22.8. The molecule has 3 aromatic rings. The van der Waals surface area contributed by atoms with Crippen molar-refractivity contribution in [3.05, 3.63) is 95.7 Å². The van der Waals surface area contributed by atoms with Gasteiger partial charge in [0.1, 0.15) is 6.10 Å². The molecule has 1 amide bonds. The second-order valence-corrected chi connectivity index (χ2v) is 8.24. The Kier molecular flexibility index (Phi) is 6.96. The molecule has 0 atom stereocenters. The maximum Gasteiger partial charge on any atom is 0.417 e. The number of rotatable bonds is 6. The van der Waals surface area contributed by atoms with Crippen LogP contribution in [0.2, 0.25) is 0 Å². The Hall–Kier alpha value is -3.35. The third-order valence-electron chi connectivity index (χ3n) is 5.90. The molecule has 4 nitrogen and oxygen atoms in total. The van der Waals surface area contributed by atoms with Gasteiger partial charge in [0, 0.05) is 18.3 Å². The molecule has 4 rings (SSSR count). The fraction of sp³-hybridized carbons (Fsp3) is 0.308. The van der Waals surface area contributed by atoms with E-state index in [1.54, 1.807) is 0 Å². The molecule has 1 fully saturated rings. The van der Waals surface area contributed by atoms with E-state index >= 15 is 0 Å². The lowest BCUT2D eigenvalue weighted by atomic mass is 9.88. The minimum Gasteiger partial charge on any atom is -0.474 e. The van der Waals surface area contributed by atoms with E-state index in [1.165, 1.54) is 6.07 Å². The maximum atomic E-state index is 13.3. The first-order valence-corrected chi connectivity index (χ1v) is 11.0. The number of carbonyl (C=O) groups is 1. The zero-order valence-corrected chi connectivity index (χ0v) is 18.0. The average Bonchev–Trinajstić information content (AvgIpc) is 2.82. The van der Waals surface area contributed by atoms with Gasteiger partial charge in [0.05, 0.1) is 11.5 Å². The highest BCUT2D eigenvalue weighted by Gasteiger charge is 2.31. The Morgan fingerprint density at radius 1 is 0.879 bits per heavy atom. The van der Waals surface area contributed by atoms with Crippen LogP contribution in [0.4, 0.5) is 13.2 Å². The van der Waals surface area contributed by atoms with Gasteiger partial charge < -0.3 is 10.1 Å². The summed E-state index contributed by atoms with van der Waals surface area (Å²) in [6.45, 7) is 0. The van der Waals surface area contributed by atoms with Crippen LogP contribution in [0.25, 0.3) is 0 Å². The third-order valence-corrected chi connectivity index (χ3v) is 5.90. The number of carbonyl (C=O) groups excluding carboxylic acids is 1. The van der Waals surface area contributed by atoms with Crippen LogP contribution >= 0.6 is 0 Å². The molecule has 1 saturated carbocycles. The van der Waals surface area contributed by atoms with Gasteiger partial charge in [-0.2, -0.15) is 13.2 Å². The van der Waals surface area contributed by atoms with Gasteiger partial charge in [0.15, 0.2) is 0 Å².